The Morgan fingerprint density at radius 2 is 2.22 bits per heavy atom. The molecule has 1 N–H and O–H groups in total. The van der Waals surface area contributed by atoms with E-state index in [-0.39, 0.29) is 5.91 Å². The molecular weight excluding hydrogens is 250 g/mol. The van der Waals surface area contributed by atoms with Crippen LogP contribution in [0.3, 0.4) is 0 Å². The molecule has 1 aromatic heterocycles. The van der Waals surface area contributed by atoms with E-state index < -0.39 is 11.4 Å². The van der Waals surface area contributed by atoms with Crippen molar-refractivity contribution < 1.29 is 14.7 Å². The minimum Gasteiger partial charge on any atom is -0.481 e. The highest BCUT2D eigenvalue weighted by atomic mass is 32.1. The third-order valence-electron chi connectivity index (χ3n) is 3.72. The lowest BCUT2D eigenvalue weighted by Crippen LogP contribution is -2.36. The zero-order valence-electron chi connectivity index (χ0n) is 10.6. The van der Waals surface area contributed by atoms with E-state index in [1.165, 1.54) is 11.3 Å². The van der Waals surface area contributed by atoms with E-state index >= 15 is 0 Å². The number of thiophene rings is 1. The number of carbonyl (C=O) groups excluding carboxylic acids is 1. The van der Waals surface area contributed by atoms with Gasteiger partial charge in [-0.3, -0.25) is 9.59 Å². The number of hydrogen-bond donors (Lipinski definition) is 1. The summed E-state index contributed by atoms with van der Waals surface area (Å²) in [7, 11) is 0. The van der Waals surface area contributed by atoms with Gasteiger partial charge in [0, 0.05) is 18.0 Å². The number of carboxylic acids is 1. The summed E-state index contributed by atoms with van der Waals surface area (Å²) in [6.07, 6.45) is 1.12. The molecule has 0 spiro atoms. The van der Waals surface area contributed by atoms with Crippen LogP contribution in [-0.2, 0) is 4.79 Å². The number of rotatable bonds is 3. The summed E-state index contributed by atoms with van der Waals surface area (Å²) in [5.41, 5.74) is -0.748. The first-order chi connectivity index (χ1) is 8.48. The van der Waals surface area contributed by atoms with Crippen molar-refractivity contribution in [2.24, 2.45) is 5.41 Å². The van der Waals surface area contributed by atoms with Gasteiger partial charge in [0.05, 0.1) is 10.3 Å². The molecule has 2 heterocycles. The fourth-order valence-electron chi connectivity index (χ4n) is 2.37. The van der Waals surface area contributed by atoms with Crippen molar-refractivity contribution in [3.8, 4) is 0 Å². The van der Waals surface area contributed by atoms with Gasteiger partial charge in [0.1, 0.15) is 0 Å². The van der Waals surface area contributed by atoms with Gasteiger partial charge in [-0.1, -0.05) is 6.92 Å². The van der Waals surface area contributed by atoms with Gasteiger partial charge >= 0.3 is 5.97 Å². The fraction of sp³-hybridized carbons (Fsp3) is 0.538. The summed E-state index contributed by atoms with van der Waals surface area (Å²) >= 11 is 1.46. The quantitative estimate of drug-likeness (QED) is 0.914. The average molecular weight is 267 g/mol. The predicted molar refractivity (Wildman–Crippen MR) is 69.9 cm³/mol. The fourth-order valence-corrected chi connectivity index (χ4v) is 3.20. The molecule has 0 aromatic carbocycles. The number of aliphatic carboxylic acids is 1. The van der Waals surface area contributed by atoms with Crippen LogP contribution >= 0.6 is 11.3 Å². The lowest BCUT2D eigenvalue weighted by molar-refractivity contribution is -0.148. The van der Waals surface area contributed by atoms with Gasteiger partial charge in [-0.2, -0.15) is 0 Å². The Labute approximate surface area is 110 Å². The molecule has 0 aliphatic carbocycles. The zero-order chi connectivity index (χ0) is 13.3. The Morgan fingerprint density at radius 3 is 2.67 bits per heavy atom. The van der Waals surface area contributed by atoms with Crippen LogP contribution in [0.2, 0.25) is 0 Å². The van der Waals surface area contributed by atoms with E-state index in [1.807, 2.05) is 26.0 Å². The lowest BCUT2D eigenvalue weighted by Gasteiger charge is -2.22. The Kier molecular flexibility index (Phi) is 3.43. The predicted octanol–water partition coefficient (Wildman–Crippen LogP) is 2.38. The summed E-state index contributed by atoms with van der Waals surface area (Å²) in [5.74, 6) is -0.827. The van der Waals surface area contributed by atoms with Crippen LogP contribution in [0.25, 0.3) is 0 Å². The minimum atomic E-state index is -0.789. The molecule has 98 valence electrons. The molecule has 1 unspecified atom stereocenters. The van der Waals surface area contributed by atoms with Gasteiger partial charge in [-0.25, -0.2) is 0 Å². The molecule has 2 rings (SSSR count). The summed E-state index contributed by atoms with van der Waals surface area (Å²) in [6, 6.07) is 3.73. The number of likely N-dealkylation sites (tertiary alicyclic amines) is 1. The lowest BCUT2D eigenvalue weighted by atomic mass is 9.84. The highest BCUT2D eigenvalue weighted by molar-refractivity contribution is 7.13. The van der Waals surface area contributed by atoms with Crippen LogP contribution in [0, 0.1) is 12.3 Å². The molecule has 0 radical (unpaired) electrons. The van der Waals surface area contributed by atoms with Gasteiger partial charge in [0.2, 0.25) is 0 Å². The molecule has 4 nitrogen and oxygen atoms in total. The molecule has 0 bridgehead atoms. The number of amides is 1. The second-order valence-corrected chi connectivity index (χ2v) is 6.11. The van der Waals surface area contributed by atoms with Crippen molar-refractivity contribution in [1.29, 1.82) is 0 Å². The molecule has 18 heavy (non-hydrogen) atoms. The van der Waals surface area contributed by atoms with Crippen molar-refractivity contribution >= 4 is 23.2 Å². The second kappa shape index (κ2) is 4.72. The van der Waals surface area contributed by atoms with Crippen molar-refractivity contribution in [3.05, 3.63) is 21.9 Å². The first-order valence-corrected chi connectivity index (χ1v) is 6.89. The molecule has 1 amide bonds. The van der Waals surface area contributed by atoms with Crippen LogP contribution in [0.4, 0.5) is 0 Å². The average Bonchev–Trinajstić information content (AvgIpc) is 2.95. The standard InChI is InChI=1S/C13H17NO3S/c1-3-13(12(16)17)6-7-14(8-13)11(15)10-5-4-9(2)18-10/h4-5H,3,6-8H2,1-2H3,(H,16,17). The first kappa shape index (κ1) is 13.1. The monoisotopic (exact) mass is 267 g/mol. The largest absolute Gasteiger partial charge is 0.481 e. The smallest absolute Gasteiger partial charge is 0.311 e. The Hall–Kier alpha value is -1.36. The molecule has 1 atom stereocenters. The van der Waals surface area contributed by atoms with Crippen molar-refractivity contribution in [1.82, 2.24) is 4.90 Å². The van der Waals surface area contributed by atoms with Gasteiger partial charge in [0.25, 0.3) is 5.91 Å². The van der Waals surface area contributed by atoms with Crippen LogP contribution in [0.5, 0.6) is 0 Å². The van der Waals surface area contributed by atoms with E-state index in [9.17, 15) is 14.7 Å². The maximum absolute atomic E-state index is 12.2. The number of carboxylic acid groups (broad SMARTS) is 1. The summed E-state index contributed by atoms with van der Waals surface area (Å²) in [5, 5.41) is 9.30. The third-order valence-corrected chi connectivity index (χ3v) is 4.71. The van der Waals surface area contributed by atoms with Crippen molar-refractivity contribution in [3.63, 3.8) is 0 Å². The molecule has 1 aromatic rings. The Bertz CT molecular complexity index is 482. The van der Waals surface area contributed by atoms with E-state index in [2.05, 4.69) is 0 Å². The zero-order valence-corrected chi connectivity index (χ0v) is 11.4. The Morgan fingerprint density at radius 1 is 1.50 bits per heavy atom. The molecule has 0 saturated carbocycles. The van der Waals surface area contributed by atoms with E-state index in [4.69, 9.17) is 0 Å². The number of hydrogen-bond acceptors (Lipinski definition) is 3. The summed E-state index contributed by atoms with van der Waals surface area (Å²) in [4.78, 5) is 27.0. The van der Waals surface area contributed by atoms with Gasteiger partial charge in [0.15, 0.2) is 0 Å². The first-order valence-electron chi connectivity index (χ1n) is 6.07. The Balaban J connectivity index is 2.13. The van der Waals surface area contributed by atoms with Crippen molar-refractivity contribution in [2.75, 3.05) is 13.1 Å². The molecule has 1 aliphatic heterocycles. The van der Waals surface area contributed by atoms with E-state index in [0.29, 0.717) is 30.8 Å². The van der Waals surface area contributed by atoms with E-state index in [0.717, 1.165) is 4.88 Å². The number of carbonyl (C=O) groups is 2. The number of nitrogens with zero attached hydrogens (tertiary/aromatic N) is 1. The molecule has 1 fully saturated rings. The van der Waals surface area contributed by atoms with Gasteiger partial charge in [-0.05, 0) is 31.9 Å². The minimum absolute atomic E-state index is 0.0373. The molecule has 5 heteroatoms. The van der Waals surface area contributed by atoms with Crippen LogP contribution < -0.4 is 0 Å². The normalized spacial score (nSPS) is 23.3. The maximum atomic E-state index is 12.2. The van der Waals surface area contributed by atoms with Gasteiger partial charge in [-0.15, -0.1) is 11.3 Å². The highest BCUT2D eigenvalue weighted by Crippen LogP contribution is 2.35. The molecule has 1 saturated heterocycles. The SMILES string of the molecule is CCC1(C(=O)O)CCN(C(=O)c2ccc(C)s2)C1. The summed E-state index contributed by atoms with van der Waals surface area (Å²) < 4.78 is 0. The van der Waals surface area contributed by atoms with E-state index in [1.54, 1.807) is 4.90 Å². The summed E-state index contributed by atoms with van der Waals surface area (Å²) in [6.45, 7) is 4.70. The highest BCUT2D eigenvalue weighted by Gasteiger charge is 2.44. The van der Waals surface area contributed by atoms with Crippen LogP contribution in [-0.4, -0.2) is 35.0 Å². The van der Waals surface area contributed by atoms with Crippen LogP contribution in [0.15, 0.2) is 12.1 Å². The third kappa shape index (κ3) is 2.14. The van der Waals surface area contributed by atoms with Gasteiger partial charge < -0.3 is 10.0 Å². The number of aryl methyl sites for hydroxylation is 1. The van der Waals surface area contributed by atoms with Crippen molar-refractivity contribution in [2.45, 2.75) is 26.7 Å². The molecule has 1 aliphatic rings. The topological polar surface area (TPSA) is 57.6 Å². The second-order valence-electron chi connectivity index (χ2n) is 4.83. The maximum Gasteiger partial charge on any atom is 0.311 e. The van der Waals surface area contributed by atoms with Crippen LogP contribution in [0.1, 0.15) is 34.3 Å². The molecular formula is C13H17NO3S.